The van der Waals surface area contributed by atoms with Crippen LogP contribution in [0.15, 0.2) is 58.9 Å². The quantitative estimate of drug-likeness (QED) is 0.535. The van der Waals surface area contributed by atoms with E-state index in [0.29, 0.717) is 17.6 Å². The molecule has 0 fully saturated rings. The standard InChI is InChI=1S/C14H10O3S/c15-7-9-4-5-13-11(6-9)14-10(8-17-18-13)2-1-3-12(14)16/h1-2,4-8,13H,3H2. The van der Waals surface area contributed by atoms with Gasteiger partial charge in [0, 0.05) is 23.1 Å². The lowest BCUT2D eigenvalue weighted by molar-refractivity contribution is -0.114. The molecule has 90 valence electrons. The van der Waals surface area contributed by atoms with Gasteiger partial charge in [-0.3, -0.25) is 9.59 Å². The van der Waals surface area contributed by atoms with Crippen molar-refractivity contribution in [3.8, 4) is 0 Å². The summed E-state index contributed by atoms with van der Waals surface area (Å²) in [6.45, 7) is 0. The van der Waals surface area contributed by atoms with E-state index in [-0.39, 0.29) is 11.0 Å². The molecule has 2 aliphatic carbocycles. The first-order valence-corrected chi connectivity index (χ1v) is 6.42. The third kappa shape index (κ3) is 1.78. The monoisotopic (exact) mass is 258 g/mol. The van der Waals surface area contributed by atoms with Crippen LogP contribution in [-0.4, -0.2) is 17.3 Å². The SMILES string of the molecule is O=CC1=CC2=C3C(=O)CC=CC3=COSC2C=C1. The van der Waals surface area contributed by atoms with Crippen LogP contribution in [0.25, 0.3) is 0 Å². The van der Waals surface area contributed by atoms with Crippen molar-refractivity contribution in [2.24, 2.45) is 0 Å². The van der Waals surface area contributed by atoms with Crippen LogP contribution in [0.5, 0.6) is 0 Å². The molecule has 1 aliphatic heterocycles. The van der Waals surface area contributed by atoms with Gasteiger partial charge in [-0.15, -0.1) is 0 Å². The number of carbonyl (C=O) groups is 2. The molecule has 1 unspecified atom stereocenters. The Kier molecular flexibility index (Phi) is 2.80. The molecule has 0 spiro atoms. The molecule has 3 aliphatic rings. The van der Waals surface area contributed by atoms with E-state index in [4.69, 9.17) is 4.18 Å². The van der Waals surface area contributed by atoms with Crippen LogP contribution < -0.4 is 0 Å². The number of allylic oxidation sites excluding steroid dienone is 7. The first-order valence-electron chi connectivity index (χ1n) is 5.61. The Morgan fingerprint density at radius 2 is 2.28 bits per heavy atom. The van der Waals surface area contributed by atoms with E-state index in [9.17, 15) is 9.59 Å². The highest BCUT2D eigenvalue weighted by molar-refractivity contribution is 7.95. The van der Waals surface area contributed by atoms with Crippen molar-refractivity contribution in [3.05, 3.63) is 58.9 Å². The fourth-order valence-corrected chi connectivity index (χ4v) is 2.90. The van der Waals surface area contributed by atoms with Crippen molar-refractivity contribution in [1.82, 2.24) is 0 Å². The van der Waals surface area contributed by atoms with Crippen LogP contribution in [0.3, 0.4) is 0 Å². The second-order valence-corrected chi connectivity index (χ2v) is 5.06. The number of carbonyl (C=O) groups excluding carboxylic acids is 2. The summed E-state index contributed by atoms with van der Waals surface area (Å²) >= 11 is 1.28. The summed E-state index contributed by atoms with van der Waals surface area (Å²) in [4.78, 5) is 22.9. The molecule has 0 amide bonds. The molecule has 0 saturated carbocycles. The molecular formula is C14H10O3S. The van der Waals surface area contributed by atoms with Gasteiger partial charge in [-0.25, -0.2) is 0 Å². The van der Waals surface area contributed by atoms with Gasteiger partial charge in [-0.2, -0.15) is 0 Å². The number of hydrogen-bond acceptors (Lipinski definition) is 4. The maximum absolute atomic E-state index is 12.1. The maximum Gasteiger partial charge on any atom is 0.167 e. The molecule has 0 N–H and O–H groups in total. The van der Waals surface area contributed by atoms with E-state index in [2.05, 4.69) is 0 Å². The Balaban J connectivity index is 2.20. The summed E-state index contributed by atoms with van der Waals surface area (Å²) in [5, 5.41) is -0.0344. The summed E-state index contributed by atoms with van der Waals surface area (Å²) in [6, 6.07) is 0. The molecule has 0 aromatic rings. The van der Waals surface area contributed by atoms with Gasteiger partial charge < -0.3 is 4.18 Å². The Hall–Kier alpha value is -1.81. The van der Waals surface area contributed by atoms with Crippen LogP contribution >= 0.6 is 12.0 Å². The minimum atomic E-state index is -0.0344. The van der Waals surface area contributed by atoms with Crippen molar-refractivity contribution >= 4 is 24.1 Å². The fraction of sp³-hybridized carbons (Fsp3) is 0.143. The lowest BCUT2D eigenvalue weighted by Gasteiger charge is -2.19. The first kappa shape index (κ1) is 11.3. The maximum atomic E-state index is 12.1. The third-order valence-electron chi connectivity index (χ3n) is 3.02. The van der Waals surface area contributed by atoms with E-state index in [1.807, 2.05) is 18.2 Å². The molecule has 0 saturated heterocycles. The molecule has 18 heavy (non-hydrogen) atoms. The van der Waals surface area contributed by atoms with Crippen LogP contribution in [0.2, 0.25) is 0 Å². The van der Waals surface area contributed by atoms with Crippen molar-refractivity contribution in [2.75, 3.05) is 0 Å². The predicted molar refractivity (Wildman–Crippen MR) is 69.6 cm³/mol. The zero-order valence-corrected chi connectivity index (χ0v) is 10.3. The molecule has 0 radical (unpaired) electrons. The number of Topliss-reactive ketones (excluding diaryl/α,β-unsaturated/α-hetero) is 1. The lowest BCUT2D eigenvalue weighted by Crippen LogP contribution is -2.15. The molecule has 0 aromatic carbocycles. The summed E-state index contributed by atoms with van der Waals surface area (Å²) in [6.07, 6.45) is 11.9. The van der Waals surface area contributed by atoms with Crippen LogP contribution in [0.4, 0.5) is 0 Å². The van der Waals surface area contributed by atoms with Crippen LogP contribution in [0, 0.1) is 0 Å². The van der Waals surface area contributed by atoms with Crippen LogP contribution in [-0.2, 0) is 13.8 Å². The molecule has 3 nitrogen and oxygen atoms in total. The molecule has 3 rings (SSSR count). The molecule has 1 atom stereocenters. The molecule has 4 heteroatoms. The van der Waals surface area contributed by atoms with Gasteiger partial charge in [0.1, 0.15) is 12.5 Å². The number of aldehydes is 1. The van der Waals surface area contributed by atoms with Gasteiger partial charge >= 0.3 is 0 Å². The Morgan fingerprint density at radius 1 is 1.39 bits per heavy atom. The van der Waals surface area contributed by atoms with Crippen LogP contribution in [0.1, 0.15) is 6.42 Å². The van der Waals surface area contributed by atoms with Crippen molar-refractivity contribution in [2.45, 2.75) is 11.7 Å². The average Bonchev–Trinajstić information content (AvgIpc) is 2.58. The van der Waals surface area contributed by atoms with E-state index >= 15 is 0 Å². The van der Waals surface area contributed by atoms with Gasteiger partial charge in [0.2, 0.25) is 0 Å². The minimum absolute atomic E-state index is 0.0344. The highest BCUT2D eigenvalue weighted by Crippen LogP contribution is 2.37. The molecular weight excluding hydrogens is 248 g/mol. The van der Waals surface area contributed by atoms with Gasteiger partial charge in [0.05, 0.1) is 17.3 Å². The lowest BCUT2D eigenvalue weighted by atomic mass is 9.87. The smallest absolute Gasteiger partial charge is 0.167 e. The molecule has 1 heterocycles. The summed E-state index contributed by atoms with van der Waals surface area (Å²) in [7, 11) is 0. The zero-order valence-electron chi connectivity index (χ0n) is 9.46. The van der Waals surface area contributed by atoms with Gasteiger partial charge in [-0.05, 0) is 11.6 Å². The van der Waals surface area contributed by atoms with E-state index in [1.54, 1.807) is 18.4 Å². The Bertz CT molecular complexity index is 576. The zero-order chi connectivity index (χ0) is 12.5. The predicted octanol–water partition coefficient (Wildman–Crippen LogP) is 2.44. The van der Waals surface area contributed by atoms with Gasteiger partial charge in [0.25, 0.3) is 0 Å². The van der Waals surface area contributed by atoms with Crippen molar-refractivity contribution in [1.29, 1.82) is 0 Å². The second-order valence-electron chi connectivity index (χ2n) is 4.17. The summed E-state index contributed by atoms with van der Waals surface area (Å²) in [5.41, 5.74) is 2.91. The number of ketones is 1. The third-order valence-corrected chi connectivity index (χ3v) is 3.85. The molecule has 0 aromatic heterocycles. The van der Waals surface area contributed by atoms with Gasteiger partial charge in [0.15, 0.2) is 5.78 Å². The van der Waals surface area contributed by atoms with E-state index in [0.717, 1.165) is 17.4 Å². The topological polar surface area (TPSA) is 43.4 Å². The Labute approximate surface area is 109 Å². The first-order chi connectivity index (χ1) is 8.79. The molecule has 0 bridgehead atoms. The fourth-order valence-electron chi connectivity index (χ4n) is 2.19. The summed E-state index contributed by atoms with van der Waals surface area (Å²) in [5.74, 6) is 0.0756. The number of hydrogen-bond donors (Lipinski definition) is 0. The number of fused-ring (bicyclic) bond motifs is 2. The second kappa shape index (κ2) is 4.46. The van der Waals surface area contributed by atoms with Crippen molar-refractivity contribution in [3.63, 3.8) is 0 Å². The van der Waals surface area contributed by atoms with E-state index < -0.39 is 0 Å². The average molecular weight is 258 g/mol. The minimum Gasteiger partial charge on any atom is -0.432 e. The largest absolute Gasteiger partial charge is 0.432 e. The summed E-state index contributed by atoms with van der Waals surface area (Å²) < 4.78 is 5.39. The highest BCUT2D eigenvalue weighted by Gasteiger charge is 2.28. The normalized spacial score (nSPS) is 25.6. The van der Waals surface area contributed by atoms with Gasteiger partial charge in [-0.1, -0.05) is 24.3 Å². The Morgan fingerprint density at radius 3 is 3.11 bits per heavy atom. The number of rotatable bonds is 1. The van der Waals surface area contributed by atoms with E-state index in [1.165, 1.54) is 12.0 Å². The highest BCUT2D eigenvalue weighted by atomic mass is 32.2. The van der Waals surface area contributed by atoms with Crippen molar-refractivity contribution < 1.29 is 13.8 Å².